The number of pyridine rings is 1. The van der Waals surface area contributed by atoms with Gasteiger partial charge in [0, 0.05) is 16.1 Å². The summed E-state index contributed by atoms with van der Waals surface area (Å²) in [6, 6.07) is 14.0. The van der Waals surface area contributed by atoms with Crippen LogP contribution in [0.25, 0.3) is 10.8 Å². The highest BCUT2D eigenvalue weighted by Gasteiger charge is 2.04. The molecule has 0 aliphatic carbocycles. The van der Waals surface area contributed by atoms with Crippen molar-refractivity contribution in [3.8, 4) is 0 Å². The Bertz CT molecular complexity index is 821. The predicted molar refractivity (Wildman–Crippen MR) is 81.4 cm³/mol. The van der Waals surface area contributed by atoms with Gasteiger partial charge < -0.3 is 4.57 Å². The molecular weight excluding hydrogens is 321 g/mol. The third-order valence-electron chi connectivity index (χ3n) is 3.16. The van der Waals surface area contributed by atoms with Crippen molar-refractivity contribution in [3.05, 3.63) is 80.9 Å². The van der Waals surface area contributed by atoms with Gasteiger partial charge >= 0.3 is 0 Å². The van der Waals surface area contributed by atoms with Crippen LogP contribution in [0.15, 0.2) is 64.0 Å². The van der Waals surface area contributed by atoms with Gasteiger partial charge in [0.15, 0.2) is 0 Å². The van der Waals surface area contributed by atoms with Crippen LogP contribution in [0.3, 0.4) is 0 Å². The van der Waals surface area contributed by atoms with E-state index >= 15 is 0 Å². The molecule has 4 heteroatoms. The lowest BCUT2D eigenvalue weighted by atomic mass is 10.1. The molecule has 100 valence electrons. The number of hydrogen-bond acceptors (Lipinski definition) is 1. The fraction of sp³-hybridized carbons (Fsp3) is 0.0625. The zero-order chi connectivity index (χ0) is 14.1. The number of fused-ring (bicyclic) bond motifs is 1. The molecule has 0 amide bonds. The molecule has 0 aliphatic heterocycles. The molecule has 0 saturated carbocycles. The number of halogens is 2. The van der Waals surface area contributed by atoms with E-state index in [-0.39, 0.29) is 11.4 Å². The van der Waals surface area contributed by atoms with Crippen LogP contribution >= 0.6 is 15.9 Å². The summed E-state index contributed by atoms with van der Waals surface area (Å²) in [5.74, 6) is -0.316. The molecule has 3 rings (SSSR count). The maximum atomic E-state index is 13.4. The number of rotatable bonds is 2. The molecular formula is C16H11BrFNO. The second-order valence-electron chi connectivity index (χ2n) is 4.61. The molecule has 0 radical (unpaired) electrons. The van der Waals surface area contributed by atoms with E-state index in [0.29, 0.717) is 16.4 Å². The molecule has 2 aromatic carbocycles. The van der Waals surface area contributed by atoms with Crippen molar-refractivity contribution in [2.45, 2.75) is 6.54 Å². The van der Waals surface area contributed by atoms with Crippen LogP contribution in [-0.4, -0.2) is 4.57 Å². The van der Waals surface area contributed by atoms with Crippen molar-refractivity contribution in [2.75, 3.05) is 0 Å². The lowest BCUT2D eigenvalue weighted by molar-refractivity contribution is 0.622. The minimum absolute atomic E-state index is 0.0662. The Morgan fingerprint density at radius 1 is 1.10 bits per heavy atom. The SMILES string of the molecule is O=c1c2ccccc2ccn1Cc1cc(F)cc(Br)c1. The van der Waals surface area contributed by atoms with Gasteiger partial charge in [0.25, 0.3) is 5.56 Å². The van der Waals surface area contributed by atoms with E-state index in [2.05, 4.69) is 15.9 Å². The standard InChI is InChI=1S/C16H11BrFNO/c17-13-7-11(8-14(18)9-13)10-19-6-5-12-3-1-2-4-15(12)16(19)20/h1-9H,10H2. The lowest BCUT2D eigenvalue weighted by Crippen LogP contribution is -2.20. The van der Waals surface area contributed by atoms with Crippen molar-refractivity contribution in [3.63, 3.8) is 0 Å². The van der Waals surface area contributed by atoms with Gasteiger partial charge in [-0.2, -0.15) is 0 Å². The first-order chi connectivity index (χ1) is 9.63. The third-order valence-corrected chi connectivity index (χ3v) is 3.62. The van der Waals surface area contributed by atoms with Gasteiger partial charge in [0.1, 0.15) is 5.82 Å². The fourth-order valence-electron chi connectivity index (χ4n) is 2.25. The van der Waals surface area contributed by atoms with Crippen molar-refractivity contribution in [1.82, 2.24) is 4.57 Å². The Labute approximate surface area is 123 Å². The highest BCUT2D eigenvalue weighted by molar-refractivity contribution is 9.10. The van der Waals surface area contributed by atoms with Crippen molar-refractivity contribution >= 4 is 26.7 Å². The molecule has 0 atom stereocenters. The zero-order valence-electron chi connectivity index (χ0n) is 10.5. The average Bonchev–Trinajstić information content (AvgIpc) is 2.41. The lowest BCUT2D eigenvalue weighted by Gasteiger charge is -2.08. The molecule has 0 saturated heterocycles. The Balaban J connectivity index is 2.07. The van der Waals surface area contributed by atoms with E-state index in [1.807, 2.05) is 30.3 Å². The van der Waals surface area contributed by atoms with E-state index in [1.54, 1.807) is 16.8 Å². The monoisotopic (exact) mass is 331 g/mol. The molecule has 0 spiro atoms. The Kier molecular flexibility index (Phi) is 3.40. The molecule has 0 bridgehead atoms. The normalized spacial score (nSPS) is 10.9. The number of nitrogens with zero attached hydrogens (tertiary/aromatic N) is 1. The topological polar surface area (TPSA) is 22.0 Å². The molecule has 0 aliphatic rings. The van der Waals surface area contributed by atoms with Crippen LogP contribution in [0.2, 0.25) is 0 Å². The van der Waals surface area contributed by atoms with Crippen molar-refractivity contribution < 1.29 is 4.39 Å². The molecule has 20 heavy (non-hydrogen) atoms. The third kappa shape index (κ3) is 2.51. The van der Waals surface area contributed by atoms with Crippen molar-refractivity contribution in [1.29, 1.82) is 0 Å². The van der Waals surface area contributed by atoms with Crippen LogP contribution in [0.4, 0.5) is 4.39 Å². The highest BCUT2D eigenvalue weighted by Crippen LogP contribution is 2.16. The van der Waals surface area contributed by atoms with E-state index in [0.717, 1.165) is 10.9 Å². The fourth-order valence-corrected chi connectivity index (χ4v) is 2.77. The molecule has 1 heterocycles. The summed E-state index contributed by atoms with van der Waals surface area (Å²) >= 11 is 3.26. The molecule has 0 unspecified atom stereocenters. The average molecular weight is 332 g/mol. The van der Waals surface area contributed by atoms with E-state index in [4.69, 9.17) is 0 Å². The number of benzene rings is 2. The molecule has 2 nitrogen and oxygen atoms in total. The van der Waals surface area contributed by atoms with Crippen LogP contribution in [0, 0.1) is 5.82 Å². The summed E-state index contributed by atoms with van der Waals surface area (Å²) in [6.07, 6.45) is 1.74. The van der Waals surface area contributed by atoms with Gasteiger partial charge in [-0.15, -0.1) is 0 Å². The van der Waals surface area contributed by atoms with Gasteiger partial charge in [0.2, 0.25) is 0 Å². The largest absolute Gasteiger partial charge is 0.311 e. The summed E-state index contributed by atoms with van der Waals surface area (Å²) < 4.78 is 15.6. The molecule has 0 N–H and O–H groups in total. The van der Waals surface area contributed by atoms with Gasteiger partial charge in [-0.25, -0.2) is 4.39 Å². The predicted octanol–water partition coefficient (Wildman–Crippen LogP) is 3.95. The van der Waals surface area contributed by atoms with Crippen molar-refractivity contribution in [2.24, 2.45) is 0 Å². The van der Waals surface area contributed by atoms with Gasteiger partial charge in [-0.1, -0.05) is 34.1 Å². The molecule has 3 aromatic rings. The first-order valence-electron chi connectivity index (χ1n) is 6.17. The molecule has 0 fully saturated rings. The van der Waals surface area contributed by atoms with E-state index in [9.17, 15) is 9.18 Å². The minimum Gasteiger partial charge on any atom is -0.311 e. The van der Waals surface area contributed by atoms with Gasteiger partial charge in [-0.3, -0.25) is 4.79 Å². The second kappa shape index (κ2) is 5.21. The maximum absolute atomic E-state index is 13.4. The zero-order valence-corrected chi connectivity index (χ0v) is 12.1. The summed E-state index contributed by atoms with van der Waals surface area (Å²) in [4.78, 5) is 12.4. The summed E-state index contributed by atoms with van der Waals surface area (Å²) in [5.41, 5.74) is 0.678. The van der Waals surface area contributed by atoms with Crippen LogP contribution < -0.4 is 5.56 Å². The highest BCUT2D eigenvalue weighted by atomic mass is 79.9. The first-order valence-corrected chi connectivity index (χ1v) is 6.96. The minimum atomic E-state index is -0.316. The summed E-state index contributed by atoms with van der Waals surface area (Å²) in [5, 5.41) is 1.58. The number of aromatic nitrogens is 1. The van der Waals surface area contributed by atoms with Gasteiger partial charge in [0.05, 0.1) is 6.54 Å². The first kappa shape index (κ1) is 13.1. The second-order valence-corrected chi connectivity index (χ2v) is 5.53. The van der Waals surface area contributed by atoms with Gasteiger partial charge in [-0.05, 0) is 41.3 Å². The van der Waals surface area contributed by atoms with E-state index in [1.165, 1.54) is 12.1 Å². The van der Waals surface area contributed by atoms with E-state index < -0.39 is 0 Å². The Morgan fingerprint density at radius 3 is 2.70 bits per heavy atom. The smallest absolute Gasteiger partial charge is 0.258 e. The number of hydrogen-bond donors (Lipinski definition) is 0. The van der Waals surface area contributed by atoms with Crippen LogP contribution in [-0.2, 0) is 6.54 Å². The molecule has 1 aromatic heterocycles. The Hall–Kier alpha value is -1.94. The van der Waals surface area contributed by atoms with Crippen LogP contribution in [0.1, 0.15) is 5.56 Å². The maximum Gasteiger partial charge on any atom is 0.258 e. The quantitative estimate of drug-likeness (QED) is 0.696. The van der Waals surface area contributed by atoms with Crippen LogP contribution in [0.5, 0.6) is 0 Å². The Morgan fingerprint density at radius 2 is 1.90 bits per heavy atom. The summed E-state index contributed by atoms with van der Waals surface area (Å²) in [7, 11) is 0. The summed E-state index contributed by atoms with van der Waals surface area (Å²) in [6.45, 7) is 0.347.